The molecule has 0 N–H and O–H groups in total. The maximum atomic E-state index is 12.8. The first-order valence-corrected chi connectivity index (χ1v) is 16.0. The van der Waals surface area contributed by atoms with E-state index in [-0.39, 0.29) is 23.1 Å². The Labute approximate surface area is 231 Å². The monoisotopic (exact) mass is 520 g/mol. The number of hydrogen-bond donors (Lipinski definition) is 0. The van der Waals surface area contributed by atoms with Gasteiger partial charge in [0.2, 0.25) is 0 Å². The molecule has 6 rings (SSSR count). The van der Waals surface area contributed by atoms with E-state index in [9.17, 15) is 4.79 Å². The maximum Gasteiger partial charge on any atom is 0.338 e. The summed E-state index contributed by atoms with van der Waals surface area (Å²) in [5.74, 6) is 5.37. The average molecular weight is 521 g/mol. The van der Waals surface area contributed by atoms with Crippen LogP contribution in [0, 0.1) is 52.3 Å². The van der Waals surface area contributed by atoms with Gasteiger partial charge >= 0.3 is 5.97 Å². The molecule has 4 saturated carbocycles. The van der Waals surface area contributed by atoms with Crippen molar-refractivity contribution in [3.05, 3.63) is 35.9 Å². The highest BCUT2D eigenvalue weighted by molar-refractivity contribution is 5.89. The third kappa shape index (κ3) is 4.03. The minimum Gasteiger partial charge on any atom is -0.459 e. The number of benzene rings is 1. The number of carbonyl (C=O) groups is 1. The van der Waals surface area contributed by atoms with E-state index in [0.29, 0.717) is 23.0 Å². The first kappa shape index (κ1) is 26.9. The summed E-state index contributed by atoms with van der Waals surface area (Å²) in [5.41, 5.74) is 1.29. The van der Waals surface area contributed by atoms with E-state index in [0.717, 1.165) is 54.8 Å². The molecule has 1 saturated heterocycles. The highest BCUT2D eigenvalue weighted by atomic mass is 16.6. The van der Waals surface area contributed by atoms with Crippen molar-refractivity contribution in [1.82, 2.24) is 0 Å². The molecule has 3 nitrogen and oxygen atoms in total. The predicted octanol–water partition coefficient (Wildman–Crippen LogP) is 8.71. The van der Waals surface area contributed by atoms with Gasteiger partial charge in [0.25, 0.3) is 0 Å². The molecule has 0 radical (unpaired) electrons. The molecular formula is C35H52O3. The van der Waals surface area contributed by atoms with Crippen LogP contribution < -0.4 is 0 Å². The first-order chi connectivity index (χ1) is 18.1. The SMILES string of the molecule is CC(C)CCC[C@H](C)[C@H]1CC[C@H]2[C@@H]3[C@@H](C)[C@@H]4O[C@@]45C[C@H](OC(=O)c4ccccc4)CC[C@]5(C)[C@H]3CC[C@]12C. The summed E-state index contributed by atoms with van der Waals surface area (Å²) >= 11 is 0. The Morgan fingerprint density at radius 1 is 1.00 bits per heavy atom. The Morgan fingerprint density at radius 2 is 1.76 bits per heavy atom. The number of fused-ring (bicyclic) bond motifs is 4. The van der Waals surface area contributed by atoms with Crippen LogP contribution in [0.1, 0.15) is 116 Å². The van der Waals surface area contributed by atoms with Crippen LogP contribution in [0.2, 0.25) is 0 Å². The zero-order valence-electron chi connectivity index (χ0n) is 24.9. The van der Waals surface area contributed by atoms with Crippen molar-refractivity contribution in [2.75, 3.05) is 0 Å². The second kappa shape index (κ2) is 9.64. The van der Waals surface area contributed by atoms with Gasteiger partial charge in [-0.15, -0.1) is 0 Å². The number of rotatable bonds is 7. The lowest BCUT2D eigenvalue weighted by Gasteiger charge is -2.61. The van der Waals surface area contributed by atoms with Crippen LogP contribution in [0.3, 0.4) is 0 Å². The second-order valence-corrected chi connectivity index (χ2v) is 15.2. The number of esters is 1. The zero-order chi connectivity index (χ0) is 26.9. The standard InChI is InChI=1S/C35H52O3/c1-22(2)11-10-12-23(3)27-15-16-28-30-24(4)31-35(38-31)21-26(37-32(36)25-13-8-7-9-14-25)17-20-34(35,6)29(30)18-19-33(27,28)5/h7-9,13-14,22-24,26-31H,10-12,15-21H2,1-6H3/t23-,24+,26+,27+,28-,29-,30-,31-,33+,34+,35-/m0/s1. The molecule has 5 aliphatic rings. The van der Waals surface area contributed by atoms with Crippen LogP contribution in [0.15, 0.2) is 30.3 Å². The smallest absolute Gasteiger partial charge is 0.338 e. The van der Waals surface area contributed by atoms with Gasteiger partial charge in [0.05, 0.1) is 11.7 Å². The molecule has 0 bridgehead atoms. The van der Waals surface area contributed by atoms with Gasteiger partial charge in [-0.2, -0.15) is 0 Å². The number of hydrogen-bond acceptors (Lipinski definition) is 3. The summed E-state index contributed by atoms with van der Waals surface area (Å²) in [4.78, 5) is 12.8. The van der Waals surface area contributed by atoms with Gasteiger partial charge in [0, 0.05) is 11.8 Å². The summed E-state index contributed by atoms with van der Waals surface area (Å²) in [6, 6.07) is 9.48. The Hall–Kier alpha value is -1.35. The van der Waals surface area contributed by atoms with Gasteiger partial charge in [-0.25, -0.2) is 4.79 Å². The van der Waals surface area contributed by atoms with Gasteiger partial charge in [0.1, 0.15) is 11.7 Å². The topological polar surface area (TPSA) is 38.8 Å². The van der Waals surface area contributed by atoms with Crippen molar-refractivity contribution in [3.8, 4) is 0 Å². The van der Waals surface area contributed by atoms with E-state index >= 15 is 0 Å². The zero-order valence-corrected chi connectivity index (χ0v) is 24.9. The molecule has 1 aromatic rings. The minimum atomic E-state index is -0.178. The lowest BCUT2D eigenvalue weighted by atomic mass is 9.42. The summed E-state index contributed by atoms with van der Waals surface area (Å²) in [6.45, 7) is 15.1. The fourth-order valence-corrected chi connectivity index (χ4v) is 11.0. The van der Waals surface area contributed by atoms with Crippen molar-refractivity contribution >= 4 is 5.97 Å². The average Bonchev–Trinajstić information content (AvgIpc) is 3.51. The van der Waals surface area contributed by atoms with Crippen molar-refractivity contribution in [3.63, 3.8) is 0 Å². The van der Waals surface area contributed by atoms with E-state index in [2.05, 4.69) is 41.5 Å². The molecule has 1 aliphatic heterocycles. The molecule has 0 unspecified atom stereocenters. The Kier molecular flexibility index (Phi) is 6.81. The molecule has 0 aromatic heterocycles. The van der Waals surface area contributed by atoms with Gasteiger partial charge in [-0.3, -0.25) is 0 Å². The number of carbonyl (C=O) groups excluding carboxylic acids is 1. The van der Waals surface area contributed by atoms with Gasteiger partial charge in [0.15, 0.2) is 0 Å². The molecule has 5 fully saturated rings. The van der Waals surface area contributed by atoms with Crippen molar-refractivity contribution in [1.29, 1.82) is 0 Å². The lowest BCUT2D eigenvalue weighted by molar-refractivity contribution is -0.132. The maximum absolute atomic E-state index is 12.8. The molecule has 4 aliphatic carbocycles. The minimum absolute atomic E-state index is 0.0269. The molecule has 210 valence electrons. The van der Waals surface area contributed by atoms with Crippen molar-refractivity contribution in [2.24, 2.45) is 52.3 Å². The first-order valence-electron chi connectivity index (χ1n) is 16.0. The van der Waals surface area contributed by atoms with Crippen LogP contribution in [-0.4, -0.2) is 23.8 Å². The quantitative estimate of drug-likeness (QED) is 0.266. The molecule has 11 atom stereocenters. The predicted molar refractivity (Wildman–Crippen MR) is 153 cm³/mol. The third-order valence-electron chi connectivity index (χ3n) is 12.9. The summed E-state index contributed by atoms with van der Waals surface area (Å²) in [7, 11) is 0. The number of epoxide rings is 1. The van der Waals surface area contributed by atoms with Gasteiger partial charge < -0.3 is 9.47 Å². The molecule has 0 amide bonds. The van der Waals surface area contributed by atoms with Crippen LogP contribution in [-0.2, 0) is 9.47 Å². The van der Waals surface area contributed by atoms with Crippen molar-refractivity contribution in [2.45, 2.75) is 124 Å². The molecule has 38 heavy (non-hydrogen) atoms. The summed E-state index contributed by atoms with van der Waals surface area (Å²) in [5, 5.41) is 0. The Balaban J connectivity index is 1.17. The fraction of sp³-hybridized carbons (Fsp3) is 0.800. The van der Waals surface area contributed by atoms with E-state index in [4.69, 9.17) is 9.47 Å². The van der Waals surface area contributed by atoms with E-state index < -0.39 is 0 Å². The van der Waals surface area contributed by atoms with Gasteiger partial charge in [-0.1, -0.05) is 79.0 Å². The van der Waals surface area contributed by atoms with Crippen molar-refractivity contribution < 1.29 is 14.3 Å². The normalized spacial score (nSPS) is 45.9. The molecule has 1 spiro atoms. The Bertz CT molecular complexity index is 1020. The lowest BCUT2D eigenvalue weighted by Crippen LogP contribution is -2.61. The second-order valence-electron chi connectivity index (χ2n) is 15.2. The summed E-state index contributed by atoms with van der Waals surface area (Å²) in [6.07, 6.45) is 13.1. The van der Waals surface area contributed by atoms with E-state index in [1.54, 1.807) is 0 Å². The molecule has 3 heteroatoms. The van der Waals surface area contributed by atoms with E-state index in [1.165, 1.54) is 44.9 Å². The van der Waals surface area contributed by atoms with E-state index in [1.807, 2.05) is 30.3 Å². The number of ether oxygens (including phenoxy) is 2. The van der Waals surface area contributed by atoms with Crippen LogP contribution in [0.25, 0.3) is 0 Å². The Morgan fingerprint density at radius 3 is 2.50 bits per heavy atom. The molecule has 1 aromatic carbocycles. The third-order valence-corrected chi connectivity index (χ3v) is 12.9. The van der Waals surface area contributed by atoms with Crippen LogP contribution in [0.5, 0.6) is 0 Å². The summed E-state index contributed by atoms with van der Waals surface area (Å²) < 4.78 is 12.9. The van der Waals surface area contributed by atoms with Gasteiger partial charge in [-0.05, 0) is 97.5 Å². The molecule has 1 heterocycles. The fourth-order valence-electron chi connectivity index (χ4n) is 11.0. The highest BCUT2D eigenvalue weighted by Crippen LogP contribution is 2.75. The largest absolute Gasteiger partial charge is 0.459 e. The molecular weight excluding hydrogens is 468 g/mol. The van der Waals surface area contributed by atoms with Crippen LogP contribution >= 0.6 is 0 Å². The van der Waals surface area contributed by atoms with Crippen LogP contribution in [0.4, 0.5) is 0 Å². The highest BCUT2D eigenvalue weighted by Gasteiger charge is 2.78.